The number of anilines is 1. The summed E-state index contributed by atoms with van der Waals surface area (Å²) in [5, 5.41) is 12.2. The van der Waals surface area contributed by atoms with Crippen molar-refractivity contribution < 1.29 is 14.7 Å². The molecule has 0 radical (unpaired) electrons. The molecule has 0 bridgehead atoms. The minimum absolute atomic E-state index is 0.0226. The Morgan fingerprint density at radius 3 is 2.25 bits per heavy atom. The van der Waals surface area contributed by atoms with Crippen LogP contribution in [0.2, 0.25) is 0 Å². The molecule has 2 N–H and O–H groups in total. The molecule has 0 heterocycles. The summed E-state index contributed by atoms with van der Waals surface area (Å²) >= 11 is 0. The number of nitrogens with zero attached hydrogens (tertiary/aromatic N) is 1. The van der Waals surface area contributed by atoms with Crippen LogP contribution in [0.5, 0.6) is 0 Å². The van der Waals surface area contributed by atoms with Gasteiger partial charge in [0.15, 0.2) is 0 Å². The van der Waals surface area contributed by atoms with Gasteiger partial charge in [0.2, 0.25) is 0 Å². The van der Waals surface area contributed by atoms with Crippen LogP contribution >= 0.6 is 0 Å². The third-order valence-corrected chi connectivity index (χ3v) is 3.86. The van der Waals surface area contributed by atoms with E-state index < -0.39 is 5.97 Å². The molecule has 1 amide bonds. The van der Waals surface area contributed by atoms with Gasteiger partial charge in [-0.15, -0.1) is 0 Å². The lowest BCUT2D eigenvalue weighted by atomic mass is 10.1. The fraction of sp³-hybridized carbons (Fsp3) is 0.263. The monoisotopic (exact) mass is 326 g/mol. The molecule has 5 heteroatoms. The van der Waals surface area contributed by atoms with E-state index in [1.807, 2.05) is 38.1 Å². The van der Waals surface area contributed by atoms with Crippen LogP contribution in [0.15, 0.2) is 48.5 Å². The van der Waals surface area contributed by atoms with Gasteiger partial charge in [0, 0.05) is 30.9 Å². The summed E-state index contributed by atoms with van der Waals surface area (Å²) < 4.78 is 0. The van der Waals surface area contributed by atoms with Crippen LogP contribution in [0.3, 0.4) is 0 Å². The van der Waals surface area contributed by atoms with Gasteiger partial charge in [0.1, 0.15) is 0 Å². The standard InChI is InChI=1S/C19H22N2O3/c1-3-21(4-2)18(22)16-6-5-7-17(12-16)20-13-14-8-10-15(11-9-14)19(23)24/h5-12,20H,3-4,13H2,1-2H3,(H,23,24). The summed E-state index contributed by atoms with van der Waals surface area (Å²) in [6, 6.07) is 14.1. The molecule has 0 aromatic heterocycles. The largest absolute Gasteiger partial charge is 0.478 e. The Labute approximate surface area is 141 Å². The van der Waals surface area contributed by atoms with Crippen LogP contribution in [0.4, 0.5) is 5.69 Å². The number of benzene rings is 2. The van der Waals surface area contributed by atoms with Crippen LogP contribution in [0.1, 0.15) is 40.1 Å². The maximum absolute atomic E-state index is 12.4. The fourth-order valence-electron chi connectivity index (χ4n) is 2.42. The van der Waals surface area contributed by atoms with Crippen LogP contribution < -0.4 is 5.32 Å². The molecular formula is C19H22N2O3. The molecule has 0 atom stereocenters. The van der Waals surface area contributed by atoms with Gasteiger partial charge in [0.05, 0.1) is 5.56 Å². The number of carbonyl (C=O) groups excluding carboxylic acids is 1. The van der Waals surface area contributed by atoms with Crippen LogP contribution in [-0.2, 0) is 6.54 Å². The maximum atomic E-state index is 12.4. The zero-order chi connectivity index (χ0) is 17.5. The van der Waals surface area contributed by atoms with E-state index in [4.69, 9.17) is 5.11 Å². The normalized spacial score (nSPS) is 10.2. The van der Waals surface area contributed by atoms with Crippen molar-refractivity contribution in [3.63, 3.8) is 0 Å². The highest BCUT2D eigenvalue weighted by Crippen LogP contribution is 2.14. The first-order valence-electron chi connectivity index (χ1n) is 8.00. The van der Waals surface area contributed by atoms with Gasteiger partial charge in [-0.1, -0.05) is 18.2 Å². The highest BCUT2D eigenvalue weighted by molar-refractivity contribution is 5.95. The second kappa shape index (κ2) is 8.15. The number of amides is 1. The van der Waals surface area contributed by atoms with E-state index in [2.05, 4.69) is 5.32 Å². The number of carboxylic acid groups (broad SMARTS) is 1. The number of nitrogens with one attached hydrogen (secondary N) is 1. The van der Waals surface area contributed by atoms with E-state index in [1.54, 1.807) is 29.2 Å². The molecule has 24 heavy (non-hydrogen) atoms. The van der Waals surface area contributed by atoms with E-state index in [0.29, 0.717) is 25.2 Å². The Balaban J connectivity index is 2.04. The molecule has 0 aliphatic rings. The van der Waals surface area contributed by atoms with Gasteiger partial charge >= 0.3 is 5.97 Å². The Morgan fingerprint density at radius 1 is 1.00 bits per heavy atom. The van der Waals surface area contributed by atoms with Crippen LogP contribution in [0, 0.1) is 0 Å². The van der Waals surface area contributed by atoms with Crippen LogP contribution in [-0.4, -0.2) is 35.0 Å². The first-order valence-corrected chi connectivity index (χ1v) is 8.00. The molecule has 0 saturated carbocycles. The number of rotatable bonds is 7. The lowest BCUT2D eigenvalue weighted by Crippen LogP contribution is -2.30. The Morgan fingerprint density at radius 2 is 1.67 bits per heavy atom. The molecular weight excluding hydrogens is 304 g/mol. The molecule has 0 saturated heterocycles. The SMILES string of the molecule is CCN(CC)C(=O)c1cccc(NCc2ccc(C(=O)O)cc2)c1. The number of carbonyl (C=O) groups is 2. The molecule has 0 aliphatic carbocycles. The maximum Gasteiger partial charge on any atom is 0.335 e. The first kappa shape index (κ1) is 17.5. The molecule has 0 unspecified atom stereocenters. The predicted octanol–water partition coefficient (Wildman–Crippen LogP) is 3.48. The summed E-state index contributed by atoms with van der Waals surface area (Å²) in [7, 11) is 0. The molecule has 0 aliphatic heterocycles. The van der Waals surface area contributed by atoms with Gasteiger partial charge in [-0.2, -0.15) is 0 Å². The second-order valence-corrected chi connectivity index (χ2v) is 5.41. The second-order valence-electron chi connectivity index (χ2n) is 5.41. The van der Waals surface area contributed by atoms with Gasteiger partial charge in [0.25, 0.3) is 5.91 Å². The summed E-state index contributed by atoms with van der Waals surface area (Å²) in [6.07, 6.45) is 0. The van der Waals surface area contributed by atoms with Crippen molar-refractivity contribution in [3.05, 3.63) is 65.2 Å². The molecule has 2 rings (SSSR count). The van der Waals surface area contributed by atoms with Gasteiger partial charge in [-0.3, -0.25) is 4.79 Å². The van der Waals surface area contributed by atoms with E-state index in [-0.39, 0.29) is 11.5 Å². The summed E-state index contributed by atoms with van der Waals surface area (Å²) in [6.45, 7) is 5.85. The predicted molar refractivity (Wildman–Crippen MR) is 94.4 cm³/mol. The molecule has 2 aromatic carbocycles. The van der Waals surface area contributed by atoms with Gasteiger partial charge in [-0.05, 0) is 49.7 Å². The number of aromatic carboxylic acids is 1. The van der Waals surface area contributed by atoms with Crippen molar-refractivity contribution in [2.45, 2.75) is 20.4 Å². The van der Waals surface area contributed by atoms with Crippen molar-refractivity contribution in [3.8, 4) is 0 Å². The van der Waals surface area contributed by atoms with Gasteiger partial charge < -0.3 is 15.3 Å². The van der Waals surface area contributed by atoms with Crippen molar-refractivity contribution in [2.75, 3.05) is 18.4 Å². The lowest BCUT2D eigenvalue weighted by Gasteiger charge is -2.19. The third kappa shape index (κ3) is 4.35. The first-order chi connectivity index (χ1) is 11.5. The summed E-state index contributed by atoms with van der Waals surface area (Å²) in [5.74, 6) is -0.911. The average Bonchev–Trinajstić information content (AvgIpc) is 2.61. The molecule has 2 aromatic rings. The highest BCUT2D eigenvalue weighted by Gasteiger charge is 2.12. The Hall–Kier alpha value is -2.82. The van der Waals surface area contributed by atoms with Crippen molar-refractivity contribution >= 4 is 17.6 Å². The molecule has 5 nitrogen and oxygen atoms in total. The van der Waals surface area contributed by atoms with E-state index in [0.717, 1.165) is 11.3 Å². The van der Waals surface area contributed by atoms with Crippen molar-refractivity contribution in [1.29, 1.82) is 0 Å². The quantitative estimate of drug-likeness (QED) is 0.817. The minimum Gasteiger partial charge on any atom is -0.478 e. The van der Waals surface area contributed by atoms with E-state index >= 15 is 0 Å². The molecule has 0 spiro atoms. The lowest BCUT2D eigenvalue weighted by molar-refractivity contribution is 0.0696. The minimum atomic E-state index is -0.933. The Kier molecular flexibility index (Phi) is 5.95. The molecule has 0 fully saturated rings. The number of carboxylic acids is 1. The molecule has 126 valence electrons. The Bertz CT molecular complexity index is 707. The highest BCUT2D eigenvalue weighted by atomic mass is 16.4. The van der Waals surface area contributed by atoms with Crippen molar-refractivity contribution in [1.82, 2.24) is 4.90 Å². The van der Waals surface area contributed by atoms with Crippen molar-refractivity contribution in [2.24, 2.45) is 0 Å². The zero-order valence-corrected chi connectivity index (χ0v) is 14.0. The van der Waals surface area contributed by atoms with Gasteiger partial charge in [-0.25, -0.2) is 4.79 Å². The van der Waals surface area contributed by atoms with E-state index in [9.17, 15) is 9.59 Å². The average molecular weight is 326 g/mol. The smallest absolute Gasteiger partial charge is 0.335 e. The zero-order valence-electron chi connectivity index (χ0n) is 14.0. The summed E-state index contributed by atoms with van der Waals surface area (Å²) in [4.78, 5) is 25.0. The van der Waals surface area contributed by atoms with Crippen LogP contribution in [0.25, 0.3) is 0 Å². The third-order valence-electron chi connectivity index (χ3n) is 3.86. The number of hydrogen-bond acceptors (Lipinski definition) is 3. The topological polar surface area (TPSA) is 69.6 Å². The fourth-order valence-corrected chi connectivity index (χ4v) is 2.42. The number of hydrogen-bond donors (Lipinski definition) is 2. The van der Waals surface area contributed by atoms with E-state index in [1.165, 1.54) is 0 Å². The summed E-state index contributed by atoms with van der Waals surface area (Å²) in [5.41, 5.74) is 2.76.